The van der Waals surface area contributed by atoms with Gasteiger partial charge in [-0.25, -0.2) is 0 Å². The number of carbonyl (C=O) groups excluding carboxylic acids is 2. The van der Waals surface area contributed by atoms with Crippen molar-refractivity contribution in [2.75, 3.05) is 12.4 Å². The molecule has 0 radical (unpaired) electrons. The highest BCUT2D eigenvalue weighted by Gasteiger charge is 2.36. The molecule has 1 aliphatic heterocycles. The second-order valence-electron chi connectivity index (χ2n) is 5.98. The van der Waals surface area contributed by atoms with Gasteiger partial charge in [-0.3, -0.25) is 14.5 Å². The Bertz CT molecular complexity index is 388. The van der Waals surface area contributed by atoms with Crippen LogP contribution < -0.4 is 0 Å². The van der Waals surface area contributed by atoms with Crippen molar-refractivity contribution in [3.05, 3.63) is 0 Å². The van der Waals surface area contributed by atoms with Crippen molar-refractivity contribution >= 4 is 40.2 Å². The number of amides is 1. The van der Waals surface area contributed by atoms with Crippen molar-refractivity contribution in [1.82, 2.24) is 4.90 Å². The average Bonchev–Trinajstić information content (AvgIpc) is 2.66. The van der Waals surface area contributed by atoms with E-state index in [4.69, 9.17) is 17.0 Å². The minimum Gasteiger partial charge on any atom is -0.455 e. The van der Waals surface area contributed by atoms with Gasteiger partial charge in [-0.2, -0.15) is 0 Å². The van der Waals surface area contributed by atoms with Crippen LogP contribution in [0.5, 0.6) is 0 Å². The van der Waals surface area contributed by atoms with Crippen LogP contribution in [0.3, 0.4) is 0 Å². The third-order valence-corrected chi connectivity index (χ3v) is 4.39. The molecule has 1 heterocycles. The van der Waals surface area contributed by atoms with E-state index in [1.807, 2.05) is 0 Å². The minimum atomic E-state index is -0.599. The summed E-state index contributed by atoms with van der Waals surface area (Å²) in [5.41, 5.74) is -0.599. The second kappa shape index (κ2) is 6.22. The summed E-state index contributed by atoms with van der Waals surface area (Å²) >= 11 is 6.70. The van der Waals surface area contributed by atoms with Gasteiger partial charge in [-0.05, 0) is 26.7 Å². The molecule has 1 amide bonds. The first-order valence-electron chi connectivity index (χ1n) is 6.30. The van der Waals surface area contributed by atoms with E-state index in [9.17, 15) is 9.59 Å². The predicted molar refractivity (Wildman–Crippen MR) is 80.9 cm³/mol. The molecule has 1 atom stereocenters. The zero-order chi connectivity index (χ0) is 14.8. The number of nitrogens with zero attached hydrogens (tertiary/aromatic N) is 1. The van der Waals surface area contributed by atoms with Crippen molar-refractivity contribution in [3.63, 3.8) is 0 Å². The smallest absolute Gasteiger partial charge is 0.311 e. The lowest BCUT2D eigenvalue weighted by molar-refractivity contribution is -0.158. The third kappa shape index (κ3) is 4.18. The van der Waals surface area contributed by atoms with Gasteiger partial charge >= 0.3 is 5.97 Å². The number of ether oxygens (including phenoxy) is 1. The third-order valence-electron chi connectivity index (χ3n) is 2.88. The number of rotatable bonds is 3. The summed E-state index contributed by atoms with van der Waals surface area (Å²) in [7, 11) is 0. The van der Waals surface area contributed by atoms with Gasteiger partial charge in [0.25, 0.3) is 5.91 Å². The first-order valence-corrected chi connectivity index (χ1v) is 7.70. The summed E-state index contributed by atoms with van der Waals surface area (Å²) in [5.74, 6) is 0.538. The molecule has 0 aromatic heterocycles. The van der Waals surface area contributed by atoms with Gasteiger partial charge in [0.05, 0.1) is 11.5 Å². The molecule has 0 aliphatic carbocycles. The van der Waals surface area contributed by atoms with Gasteiger partial charge in [-0.1, -0.05) is 37.8 Å². The van der Waals surface area contributed by atoms with Gasteiger partial charge in [0.1, 0.15) is 4.32 Å². The van der Waals surface area contributed by atoms with Crippen LogP contribution in [0.1, 0.15) is 34.6 Å². The van der Waals surface area contributed by atoms with Gasteiger partial charge in [0.15, 0.2) is 6.61 Å². The Labute approximate surface area is 124 Å². The van der Waals surface area contributed by atoms with Gasteiger partial charge < -0.3 is 4.74 Å². The summed E-state index contributed by atoms with van der Waals surface area (Å²) in [4.78, 5) is 25.4. The largest absolute Gasteiger partial charge is 0.455 e. The lowest BCUT2D eigenvalue weighted by Gasteiger charge is -2.26. The van der Waals surface area contributed by atoms with Crippen LogP contribution in [-0.4, -0.2) is 39.5 Å². The normalized spacial score (nSPS) is 20.0. The number of esters is 1. The SMILES string of the molecule is CC(C)[C@H]1CSC(=S)N1C(=O)COC(=O)C(C)(C)C. The van der Waals surface area contributed by atoms with Crippen molar-refractivity contribution in [2.24, 2.45) is 11.3 Å². The molecule has 0 bridgehead atoms. The molecule has 4 nitrogen and oxygen atoms in total. The van der Waals surface area contributed by atoms with Crippen molar-refractivity contribution in [1.29, 1.82) is 0 Å². The highest BCUT2D eigenvalue weighted by atomic mass is 32.2. The maximum absolute atomic E-state index is 12.1. The van der Waals surface area contributed by atoms with Gasteiger partial charge in [-0.15, -0.1) is 0 Å². The molecule has 19 heavy (non-hydrogen) atoms. The standard InChI is InChI=1S/C13H21NO3S2/c1-8(2)9-7-19-12(18)14(9)10(15)6-17-11(16)13(3,4)5/h8-9H,6-7H2,1-5H3/t9-/m1/s1. The Kier molecular flexibility index (Phi) is 5.38. The molecule has 0 unspecified atom stereocenters. The van der Waals surface area contributed by atoms with Crippen molar-refractivity contribution in [3.8, 4) is 0 Å². The molecule has 0 spiro atoms. The lowest BCUT2D eigenvalue weighted by atomic mass is 9.97. The molecule has 1 saturated heterocycles. The molecule has 6 heteroatoms. The highest BCUT2D eigenvalue weighted by molar-refractivity contribution is 8.23. The Balaban J connectivity index is 2.62. The van der Waals surface area contributed by atoms with E-state index < -0.39 is 5.41 Å². The van der Waals surface area contributed by atoms with Crippen molar-refractivity contribution < 1.29 is 14.3 Å². The first-order chi connectivity index (χ1) is 8.64. The lowest BCUT2D eigenvalue weighted by Crippen LogP contribution is -2.44. The maximum Gasteiger partial charge on any atom is 0.311 e. The average molecular weight is 303 g/mol. The fourth-order valence-electron chi connectivity index (χ4n) is 1.63. The highest BCUT2D eigenvalue weighted by Crippen LogP contribution is 2.29. The van der Waals surface area contributed by atoms with Crippen LogP contribution in [0, 0.1) is 11.3 Å². The van der Waals surface area contributed by atoms with E-state index in [1.165, 1.54) is 11.8 Å². The number of hydrogen-bond acceptors (Lipinski definition) is 5. The zero-order valence-corrected chi connectivity index (χ0v) is 13.7. The van der Waals surface area contributed by atoms with Crippen LogP contribution in [0.25, 0.3) is 0 Å². The zero-order valence-electron chi connectivity index (χ0n) is 12.1. The molecule has 0 saturated carbocycles. The Morgan fingerprint density at radius 2 is 2.05 bits per heavy atom. The monoisotopic (exact) mass is 303 g/mol. The number of hydrogen-bond donors (Lipinski definition) is 0. The van der Waals surface area contributed by atoms with Crippen LogP contribution in [0.2, 0.25) is 0 Å². The molecule has 1 fully saturated rings. The quantitative estimate of drug-likeness (QED) is 0.592. The first kappa shape index (κ1) is 16.4. The predicted octanol–water partition coefficient (Wildman–Crippen LogP) is 2.46. The summed E-state index contributed by atoms with van der Waals surface area (Å²) in [6.45, 7) is 9.15. The Morgan fingerprint density at radius 1 is 1.47 bits per heavy atom. The maximum atomic E-state index is 12.1. The van der Waals surface area contributed by atoms with Crippen LogP contribution in [-0.2, 0) is 14.3 Å². The molecular formula is C13H21NO3S2. The van der Waals surface area contributed by atoms with Crippen LogP contribution in [0.15, 0.2) is 0 Å². The van der Waals surface area contributed by atoms with Crippen LogP contribution >= 0.6 is 24.0 Å². The number of thioether (sulfide) groups is 1. The topological polar surface area (TPSA) is 46.6 Å². The second-order valence-corrected chi connectivity index (χ2v) is 7.63. The molecule has 0 N–H and O–H groups in total. The molecule has 1 rings (SSSR count). The molecular weight excluding hydrogens is 282 g/mol. The fraction of sp³-hybridized carbons (Fsp3) is 0.769. The number of thiocarbonyl (C=S) groups is 1. The Hall–Kier alpha value is -0.620. The van der Waals surface area contributed by atoms with E-state index in [0.29, 0.717) is 10.2 Å². The van der Waals surface area contributed by atoms with E-state index in [0.717, 1.165) is 5.75 Å². The summed E-state index contributed by atoms with van der Waals surface area (Å²) in [6.07, 6.45) is 0. The molecule has 0 aromatic carbocycles. The molecule has 108 valence electrons. The fourth-order valence-corrected chi connectivity index (χ4v) is 3.29. The van der Waals surface area contributed by atoms with Gasteiger partial charge in [0.2, 0.25) is 0 Å². The molecule has 0 aromatic rings. The Morgan fingerprint density at radius 3 is 2.53 bits per heavy atom. The van der Waals surface area contributed by atoms with E-state index in [-0.39, 0.29) is 24.5 Å². The van der Waals surface area contributed by atoms with E-state index in [1.54, 1.807) is 25.7 Å². The van der Waals surface area contributed by atoms with Crippen LogP contribution in [0.4, 0.5) is 0 Å². The minimum absolute atomic E-state index is 0.0957. The van der Waals surface area contributed by atoms with E-state index in [2.05, 4.69) is 13.8 Å². The number of carbonyl (C=O) groups is 2. The van der Waals surface area contributed by atoms with Gasteiger partial charge in [0, 0.05) is 5.75 Å². The van der Waals surface area contributed by atoms with E-state index >= 15 is 0 Å². The van der Waals surface area contributed by atoms with Crippen molar-refractivity contribution in [2.45, 2.75) is 40.7 Å². The summed E-state index contributed by atoms with van der Waals surface area (Å²) in [5, 5.41) is 0. The summed E-state index contributed by atoms with van der Waals surface area (Å²) in [6, 6.07) is 0.0957. The molecule has 1 aliphatic rings. The summed E-state index contributed by atoms with van der Waals surface area (Å²) < 4.78 is 5.64.